The van der Waals surface area contributed by atoms with Crippen molar-refractivity contribution < 1.29 is 4.79 Å². The first-order chi connectivity index (χ1) is 7.22. The molecule has 0 aromatic heterocycles. The second kappa shape index (κ2) is 6.87. The number of hydrazine groups is 1. The normalized spacial score (nSPS) is 10.0. The fourth-order valence-electron chi connectivity index (χ4n) is 1.03. The average Bonchev–Trinajstić information content (AvgIpc) is 2.26. The predicted molar refractivity (Wildman–Crippen MR) is 66.4 cm³/mol. The van der Waals surface area contributed by atoms with Gasteiger partial charge in [-0.3, -0.25) is 10.2 Å². The van der Waals surface area contributed by atoms with Crippen molar-refractivity contribution in [1.29, 1.82) is 0 Å². The molecule has 3 N–H and O–H groups in total. The molecule has 3 nitrogen and oxygen atoms in total. The summed E-state index contributed by atoms with van der Waals surface area (Å²) >= 11 is 5.12. The van der Waals surface area contributed by atoms with E-state index < -0.39 is 0 Å². The highest BCUT2D eigenvalue weighted by Crippen LogP contribution is 2.21. The van der Waals surface area contributed by atoms with E-state index in [-0.39, 0.29) is 5.91 Å². The molecule has 15 heavy (non-hydrogen) atoms. The van der Waals surface area contributed by atoms with Crippen LogP contribution in [0.1, 0.15) is 12.8 Å². The van der Waals surface area contributed by atoms with Crippen molar-refractivity contribution >= 4 is 33.6 Å². The van der Waals surface area contributed by atoms with Crippen molar-refractivity contribution in [3.63, 3.8) is 0 Å². The maximum Gasteiger partial charge on any atom is 0.233 e. The van der Waals surface area contributed by atoms with Gasteiger partial charge >= 0.3 is 0 Å². The summed E-state index contributed by atoms with van der Waals surface area (Å²) in [6, 6.07) is 8.12. The van der Waals surface area contributed by atoms with E-state index in [1.807, 2.05) is 12.1 Å². The van der Waals surface area contributed by atoms with Gasteiger partial charge in [-0.2, -0.15) is 0 Å². The molecule has 0 unspecified atom stereocenters. The number of nitrogens with two attached hydrogens (primary N) is 1. The van der Waals surface area contributed by atoms with Crippen molar-refractivity contribution in [1.82, 2.24) is 5.43 Å². The Balaban J connectivity index is 2.20. The van der Waals surface area contributed by atoms with Crippen LogP contribution in [-0.4, -0.2) is 11.7 Å². The third-order valence-corrected chi connectivity index (χ3v) is 3.42. The Bertz CT molecular complexity index is 316. The molecule has 0 aliphatic rings. The van der Waals surface area contributed by atoms with Gasteiger partial charge in [0.05, 0.1) is 0 Å². The topological polar surface area (TPSA) is 55.1 Å². The molecule has 0 radical (unpaired) electrons. The lowest BCUT2D eigenvalue weighted by molar-refractivity contribution is -0.121. The highest BCUT2D eigenvalue weighted by molar-refractivity contribution is 9.10. The lowest BCUT2D eigenvalue weighted by Gasteiger charge is -2.01. The van der Waals surface area contributed by atoms with Crippen molar-refractivity contribution in [2.45, 2.75) is 17.7 Å². The van der Waals surface area contributed by atoms with Gasteiger partial charge in [-0.25, -0.2) is 5.84 Å². The fraction of sp³-hybridized carbons (Fsp3) is 0.300. The highest BCUT2D eigenvalue weighted by atomic mass is 79.9. The summed E-state index contributed by atoms with van der Waals surface area (Å²) in [7, 11) is 0. The summed E-state index contributed by atoms with van der Waals surface area (Å²) in [6.07, 6.45) is 1.32. The summed E-state index contributed by atoms with van der Waals surface area (Å²) in [4.78, 5) is 12.0. The van der Waals surface area contributed by atoms with E-state index in [1.165, 1.54) is 4.90 Å². The summed E-state index contributed by atoms with van der Waals surface area (Å²) in [5.74, 6) is 5.79. The van der Waals surface area contributed by atoms with Crippen LogP contribution in [-0.2, 0) is 4.79 Å². The molecule has 5 heteroatoms. The number of thioether (sulfide) groups is 1. The number of hydrogen-bond acceptors (Lipinski definition) is 3. The number of benzene rings is 1. The van der Waals surface area contributed by atoms with E-state index in [4.69, 9.17) is 5.84 Å². The van der Waals surface area contributed by atoms with Crippen LogP contribution in [0, 0.1) is 0 Å². The molecule has 0 saturated heterocycles. The van der Waals surface area contributed by atoms with Gasteiger partial charge in [0.15, 0.2) is 0 Å². The Hall–Kier alpha value is -0.520. The quantitative estimate of drug-likeness (QED) is 0.287. The highest BCUT2D eigenvalue weighted by Gasteiger charge is 1.98. The van der Waals surface area contributed by atoms with Gasteiger partial charge in [-0.1, -0.05) is 15.9 Å². The second-order valence-electron chi connectivity index (χ2n) is 2.97. The van der Waals surface area contributed by atoms with Crippen LogP contribution in [0.2, 0.25) is 0 Å². The smallest absolute Gasteiger partial charge is 0.233 e. The first-order valence-corrected chi connectivity index (χ1v) is 6.38. The number of rotatable bonds is 5. The van der Waals surface area contributed by atoms with Crippen molar-refractivity contribution in [2.75, 3.05) is 5.75 Å². The zero-order chi connectivity index (χ0) is 11.1. The molecule has 1 amide bonds. The monoisotopic (exact) mass is 288 g/mol. The van der Waals surface area contributed by atoms with Crippen LogP contribution in [0.15, 0.2) is 33.6 Å². The minimum Gasteiger partial charge on any atom is -0.294 e. The molecule has 0 spiro atoms. The fourth-order valence-corrected chi connectivity index (χ4v) is 2.14. The maximum atomic E-state index is 10.8. The second-order valence-corrected chi connectivity index (χ2v) is 5.06. The van der Waals surface area contributed by atoms with Gasteiger partial charge in [0.25, 0.3) is 0 Å². The van der Waals surface area contributed by atoms with Crippen LogP contribution >= 0.6 is 27.7 Å². The van der Waals surface area contributed by atoms with Crippen molar-refractivity contribution in [3.8, 4) is 0 Å². The van der Waals surface area contributed by atoms with Gasteiger partial charge in [0.1, 0.15) is 0 Å². The summed E-state index contributed by atoms with van der Waals surface area (Å²) < 4.78 is 1.08. The molecule has 0 bridgehead atoms. The van der Waals surface area contributed by atoms with Crippen LogP contribution < -0.4 is 11.3 Å². The zero-order valence-corrected chi connectivity index (χ0v) is 10.6. The molecular formula is C10H13BrN2OS. The van der Waals surface area contributed by atoms with E-state index in [0.29, 0.717) is 6.42 Å². The van der Waals surface area contributed by atoms with E-state index in [1.54, 1.807) is 11.8 Å². The Kier molecular flexibility index (Phi) is 5.75. The molecule has 0 aliphatic heterocycles. The molecule has 1 aromatic rings. The maximum absolute atomic E-state index is 10.8. The number of carbonyl (C=O) groups excluding carboxylic acids is 1. The molecule has 0 fully saturated rings. The average molecular weight is 289 g/mol. The predicted octanol–water partition coefficient (Wildman–Crippen LogP) is 2.31. The standard InChI is InChI=1S/C10H13BrN2OS/c11-8-3-5-9(6-4-8)15-7-1-2-10(14)13-12/h3-6H,1-2,7,12H2,(H,13,14). The Morgan fingerprint density at radius 1 is 1.40 bits per heavy atom. The van der Waals surface area contributed by atoms with Gasteiger partial charge in [-0.05, 0) is 36.4 Å². The van der Waals surface area contributed by atoms with Gasteiger partial charge in [0.2, 0.25) is 5.91 Å². The minimum atomic E-state index is -0.105. The third kappa shape index (κ3) is 5.20. The molecular weight excluding hydrogens is 276 g/mol. The number of nitrogens with one attached hydrogen (secondary N) is 1. The van der Waals surface area contributed by atoms with Crippen molar-refractivity contribution in [2.24, 2.45) is 5.84 Å². The lowest BCUT2D eigenvalue weighted by atomic mass is 10.3. The van der Waals surface area contributed by atoms with Crippen LogP contribution in [0.5, 0.6) is 0 Å². The summed E-state index contributed by atoms with van der Waals surface area (Å²) in [5, 5.41) is 0. The Labute approximate surface area is 102 Å². The lowest BCUT2D eigenvalue weighted by Crippen LogP contribution is -2.29. The van der Waals surface area contributed by atoms with Crippen LogP contribution in [0.25, 0.3) is 0 Å². The first kappa shape index (κ1) is 12.5. The zero-order valence-electron chi connectivity index (χ0n) is 8.20. The number of amides is 1. The Morgan fingerprint density at radius 3 is 2.67 bits per heavy atom. The van der Waals surface area contributed by atoms with Crippen LogP contribution in [0.4, 0.5) is 0 Å². The summed E-state index contributed by atoms with van der Waals surface area (Å²) in [6.45, 7) is 0. The largest absolute Gasteiger partial charge is 0.294 e. The summed E-state index contributed by atoms with van der Waals surface area (Å²) in [5.41, 5.74) is 2.12. The number of carbonyl (C=O) groups is 1. The Morgan fingerprint density at radius 2 is 2.07 bits per heavy atom. The van der Waals surface area contributed by atoms with E-state index in [0.717, 1.165) is 16.6 Å². The van der Waals surface area contributed by atoms with Gasteiger partial charge in [0, 0.05) is 15.8 Å². The SMILES string of the molecule is NNC(=O)CCCSc1ccc(Br)cc1. The molecule has 0 saturated carbocycles. The molecule has 0 aliphatic carbocycles. The van der Waals surface area contributed by atoms with Gasteiger partial charge in [-0.15, -0.1) is 11.8 Å². The molecule has 1 rings (SSSR count). The van der Waals surface area contributed by atoms with E-state index >= 15 is 0 Å². The number of hydrogen-bond donors (Lipinski definition) is 2. The van der Waals surface area contributed by atoms with Crippen molar-refractivity contribution in [3.05, 3.63) is 28.7 Å². The van der Waals surface area contributed by atoms with Gasteiger partial charge < -0.3 is 0 Å². The number of halogens is 1. The molecule has 1 aromatic carbocycles. The molecule has 0 atom stereocenters. The van der Waals surface area contributed by atoms with E-state index in [9.17, 15) is 4.79 Å². The van der Waals surface area contributed by atoms with Crippen LogP contribution in [0.3, 0.4) is 0 Å². The third-order valence-electron chi connectivity index (χ3n) is 1.79. The molecule has 0 heterocycles. The first-order valence-electron chi connectivity index (χ1n) is 4.60. The minimum absolute atomic E-state index is 0.105. The van der Waals surface area contributed by atoms with E-state index in [2.05, 4.69) is 33.5 Å². The molecule has 82 valence electrons.